The van der Waals surface area contributed by atoms with Gasteiger partial charge < -0.3 is 0 Å². The molecule has 1 atom stereocenters. The fourth-order valence-corrected chi connectivity index (χ4v) is 4.53. The lowest BCUT2D eigenvalue weighted by Gasteiger charge is -2.26. The third-order valence-electron chi connectivity index (χ3n) is 4.60. The first-order valence-electron chi connectivity index (χ1n) is 8.05. The van der Waals surface area contributed by atoms with Gasteiger partial charge in [0.2, 0.25) is 15.5 Å². The van der Waals surface area contributed by atoms with E-state index in [1.807, 2.05) is 0 Å². The third-order valence-corrected chi connectivity index (χ3v) is 6.46. The molecule has 0 aromatic heterocycles. The molecule has 27 heavy (non-hydrogen) atoms. The van der Waals surface area contributed by atoms with Gasteiger partial charge in [0.15, 0.2) is 0 Å². The maximum atomic E-state index is 14.2. The second kappa shape index (κ2) is 6.44. The van der Waals surface area contributed by atoms with Crippen LogP contribution in [0.2, 0.25) is 0 Å². The number of fused-ring (bicyclic) bond motifs is 1. The molecule has 0 aliphatic heterocycles. The molecular weight excluding hydrogens is 387 g/mol. The molecule has 0 N–H and O–H groups in total. The predicted octanol–water partition coefficient (Wildman–Crippen LogP) is 5.33. The summed E-state index contributed by atoms with van der Waals surface area (Å²) < 4.78 is 91.9. The van der Waals surface area contributed by atoms with Crippen molar-refractivity contribution in [3.8, 4) is 0 Å². The number of sulfone groups is 1. The van der Waals surface area contributed by atoms with Gasteiger partial charge in [-0.05, 0) is 60.7 Å². The summed E-state index contributed by atoms with van der Waals surface area (Å²) in [4.78, 5) is -0.202. The fourth-order valence-electron chi connectivity index (χ4n) is 2.96. The predicted molar refractivity (Wildman–Crippen MR) is 90.8 cm³/mol. The molecule has 0 heterocycles. The Balaban J connectivity index is 2.07. The minimum Gasteiger partial charge on any atom is -0.229 e. The van der Waals surface area contributed by atoms with Crippen molar-refractivity contribution in [2.75, 3.05) is 0 Å². The Labute approximate surface area is 153 Å². The SMILES string of the molecule is CC(F)(c1ccc2c(c1)CCC=C2S(=O)(=O)c1ccc(F)cc1)C(F)(F)F. The number of alkyl halides is 4. The number of aryl methyl sites for hydroxylation is 1. The maximum absolute atomic E-state index is 14.2. The van der Waals surface area contributed by atoms with Crippen molar-refractivity contribution in [2.24, 2.45) is 0 Å². The molecule has 0 radical (unpaired) electrons. The Bertz CT molecular complexity index is 1000. The highest BCUT2D eigenvalue weighted by molar-refractivity contribution is 8.00. The minimum atomic E-state index is -5.09. The second-order valence-electron chi connectivity index (χ2n) is 6.44. The summed E-state index contributed by atoms with van der Waals surface area (Å²) in [6.07, 6.45) is -3.05. The Morgan fingerprint density at radius 1 is 0.963 bits per heavy atom. The highest BCUT2D eigenvalue weighted by Gasteiger charge is 2.53. The van der Waals surface area contributed by atoms with E-state index in [4.69, 9.17) is 0 Å². The molecule has 0 saturated carbocycles. The number of hydrogen-bond acceptors (Lipinski definition) is 2. The summed E-state index contributed by atoms with van der Waals surface area (Å²) in [5.74, 6) is -0.592. The lowest BCUT2D eigenvalue weighted by Crippen LogP contribution is -2.35. The Hall–Kier alpha value is -2.22. The van der Waals surface area contributed by atoms with Gasteiger partial charge in [-0.15, -0.1) is 0 Å². The molecule has 1 aliphatic carbocycles. The second-order valence-corrected chi connectivity index (χ2v) is 8.36. The summed E-state index contributed by atoms with van der Waals surface area (Å²) in [5.41, 5.74) is -3.57. The molecule has 2 nitrogen and oxygen atoms in total. The average molecular weight is 402 g/mol. The van der Waals surface area contributed by atoms with Crippen LogP contribution in [0.1, 0.15) is 30.0 Å². The van der Waals surface area contributed by atoms with E-state index >= 15 is 0 Å². The van der Waals surface area contributed by atoms with Crippen molar-refractivity contribution in [1.29, 1.82) is 0 Å². The Morgan fingerprint density at radius 3 is 2.19 bits per heavy atom. The molecule has 0 amide bonds. The summed E-state index contributed by atoms with van der Waals surface area (Å²) in [6, 6.07) is 7.48. The van der Waals surface area contributed by atoms with Crippen LogP contribution >= 0.6 is 0 Å². The van der Waals surface area contributed by atoms with E-state index in [0.717, 1.165) is 36.4 Å². The molecule has 1 aliphatic rings. The van der Waals surface area contributed by atoms with Crippen LogP contribution < -0.4 is 0 Å². The molecule has 144 valence electrons. The summed E-state index contributed by atoms with van der Waals surface area (Å²) in [7, 11) is -3.99. The highest BCUT2D eigenvalue weighted by Crippen LogP contribution is 2.44. The van der Waals surface area contributed by atoms with E-state index in [1.165, 1.54) is 12.1 Å². The normalized spacial score (nSPS) is 17.0. The first-order valence-corrected chi connectivity index (χ1v) is 9.53. The Morgan fingerprint density at radius 2 is 1.59 bits per heavy atom. The molecule has 0 spiro atoms. The van der Waals surface area contributed by atoms with Crippen LogP contribution in [-0.4, -0.2) is 14.6 Å². The molecule has 0 saturated heterocycles. The first kappa shape index (κ1) is 19.5. The Kier molecular flexibility index (Phi) is 4.66. The number of benzene rings is 2. The molecule has 0 fully saturated rings. The zero-order valence-corrected chi connectivity index (χ0v) is 15.0. The first-order chi connectivity index (χ1) is 12.4. The molecular formula is C19H15F5O2S. The van der Waals surface area contributed by atoms with Crippen molar-refractivity contribution < 1.29 is 30.4 Å². The van der Waals surface area contributed by atoms with Crippen molar-refractivity contribution in [3.05, 3.63) is 71.0 Å². The van der Waals surface area contributed by atoms with Crippen molar-refractivity contribution in [1.82, 2.24) is 0 Å². The highest BCUT2D eigenvalue weighted by atomic mass is 32.2. The van der Waals surface area contributed by atoms with Crippen LogP contribution in [0.25, 0.3) is 4.91 Å². The van der Waals surface area contributed by atoms with Gasteiger partial charge in [0, 0.05) is 0 Å². The average Bonchev–Trinajstić information content (AvgIpc) is 2.60. The van der Waals surface area contributed by atoms with E-state index in [0.29, 0.717) is 18.9 Å². The number of hydrogen-bond donors (Lipinski definition) is 0. The van der Waals surface area contributed by atoms with Crippen molar-refractivity contribution in [2.45, 2.75) is 36.5 Å². The summed E-state index contributed by atoms with van der Waals surface area (Å²) in [5, 5.41) is 0. The van der Waals surface area contributed by atoms with Gasteiger partial charge in [0.1, 0.15) is 5.82 Å². The van der Waals surface area contributed by atoms with E-state index < -0.39 is 33.1 Å². The van der Waals surface area contributed by atoms with Gasteiger partial charge in [-0.2, -0.15) is 13.2 Å². The number of allylic oxidation sites excluding steroid dienone is 1. The fraction of sp³-hybridized carbons (Fsp3) is 0.263. The lowest BCUT2D eigenvalue weighted by atomic mass is 9.89. The van der Waals surface area contributed by atoms with Crippen molar-refractivity contribution in [3.63, 3.8) is 0 Å². The quantitative estimate of drug-likeness (QED) is 0.514. The van der Waals surface area contributed by atoms with Gasteiger partial charge in [-0.1, -0.05) is 24.3 Å². The minimum absolute atomic E-state index is 0.0746. The summed E-state index contributed by atoms with van der Waals surface area (Å²) in [6.45, 7) is 0.434. The number of halogens is 5. The van der Waals surface area contributed by atoms with E-state index in [2.05, 4.69) is 0 Å². The monoisotopic (exact) mass is 402 g/mol. The van der Waals surface area contributed by atoms with Gasteiger partial charge in [0.05, 0.1) is 9.80 Å². The van der Waals surface area contributed by atoms with Gasteiger partial charge in [0.25, 0.3) is 0 Å². The van der Waals surface area contributed by atoms with E-state index in [9.17, 15) is 30.4 Å². The summed E-state index contributed by atoms with van der Waals surface area (Å²) >= 11 is 0. The van der Waals surface area contributed by atoms with Crippen LogP contribution in [0, 0.1) is 5.82 Å². The van der Waals surface area contributed by atoms with Crippen LogP contribution in [0.4, 0.5) is 22.0 Å². The smallest absolute Gasteiger partial charge is 0.229 e. The maximum Gasteiger partial charge on any atom is 0.426 e. The van der Waals surface area contributed by atoms with Crippen LogP contribution in [0.15, 0.2) is 53.4 Å². The molecule has 1 unspecified atom stereocenters. The van der Waals surface area contributed by atoms with E-state index in [-0.39, 0.29) is 21.8 Å². The van der Waals surface area contributed by atoms with E-state index in [1.54, 1.807) is 0 Å². The van der Waals surface area contributed by atoms with Crippen LogP contribution in [0.5, 0.6) is 0 Å². The molecule has 8 heteroatoms. The molecule has 2 aromatic rings. The van der Waals surface area contributed by atoms with Crippen molar-refractivity contribution >= 4 is 14.7 Å². The topological polar surface area (TPSA) is 34.1 Å². The number of rotatable bonds is 3. The third kappa shape index (κ3) is 3.38. The standard InChI is InChI=1S/C19H15F5O2S/c1-18(21,19(22,23)24)13-5-10-16-12(11-13)3-2-4-17(16)27(25,26)15-8-6-14(20)7-9-15/h4-11H,2-3H2,1H3. The van der Waals surface area contributed by atoms with Gasteiger partial charge >= 0.3 is 6.18 Å². The molecule has 2 aromatic carbocycles. The van der Waals surface area contributed by atoms with Gasteiger partial charge in [-0.25, -0.2) is 17.2 Å². The van der Waals surface area contributed by atoms with Gasteiger partial charge in [-0.3, -0.25) is 0 Å². The van der Waals surface area contributed by atoms with Crippen LogP contribution in [0.3, 0.4) is 0 Å². The van der Waals surface area contributed by atoms with Crippen LogP contribution in [-0.2, 0) is 21.9 Å². The lowest BCUT2D eigenvalue weighted by molar-refractivity contribution is -0.228. The molecule has 0 bridgehead atoms. The molecule has 3 rings (SSSR count). The zero-order valence-electron chi connectivity index (χ0n) is 14.1. The zero-order chi connectivity index (χ0) is 20.0. The largest absolute Gasteiger partial charge is 0.426 e.